The number of benzene rings is 1. The molecule has 1 aromatic rings. The molecule has 2 rings (SSSR count). The number of carbonyl (C=O) groups is 1. The van der Waals surface area contributed by atoms with E-state index in [0.717, 1.165) is 18.2 Å². The Morgan fingerprint density at radius 2 is 1.84 bits per heavy atom. The Balaban J connectivity index is 2.65. The van der Waals surface area contributed by atoms with E-state index in [0.29, 0.717) is 0 Å². The van der Waals surface area contributed by atoms with Gasteiger partial charge >= 0.3 is 12.1 Å². The highest BCUT2D eigenvalue weighted by Crippen LogP contribution is 2.60. The molecule has 0 aliphatic heterocycles. The Morgan fingerprint density at radius 1 is 1.26 bits per heavy atom. The fourth-order valence-electron chi connectivity index (χ4n) is 2.22. The van der Waals surface area contributed by atoms with E-state index in [-0.39, 0.29) is 12.8 Å². The van der Waals surface area contributed by atoms with Crippen molar-refractivity contribution in [2.45, 2.75) is 30.9 Å². The lowest BCUT2D eigenvalue weighted by atomic mass is 9.88. The summed E-state index contributed by atoms with van der Waals surface area (Å²) in [5.74, 6) is -1.76. The van der Waals surface area contributed by atoms with Crippen LogP contribution in [0.3, 0.4) is 0 Å². The summed E-state index contributed by atoms with van der Waals surface area (Å²) in [4.78, 5) is 11.0. The number of halogens is 5. The second-order valence-electron chi connectivity index (χ2n) is 4.46. The molecule has 1 aromatic carbocycles. The molecule has 0 unspecified atom stereocenters. The quantitative estimate of drug-likeness (QED) is 0.852. The van der Waals surface area contributed by atoms with Crippen LogP contribution in [0.2, 0.25) is 0 Å². The summed E-state index contributed by atoms with van der Waals surface area (Å²) in [6.45, 7) is 0. The first-order valence-electron chi connectivity index (χ1n) is 5.42. The van der Waals surface area contributed by atoms with E-state index in [1.807, 2.05) is 0 Å². The monoisotopic (exact) mass is 280 g/mol. The van der Waals surface area contributed by atoms with Gasteiger partial charge in [0.05, 0.1) is 11.0 Å². The second kappa shape index (κ2) is 4.18. The minimum absolute atomic E-state index is 0.274. The van der Waals surface area contributed by atoms with Gasteiger partial charge in [-0.2, -0.15) is 13.2 Å². The van der Waals surface area contributed by atoms with Crippen molar-refractivity contribution in [3.63, 3.8) is 0 Å². The van der Waals surface area contributed by atoms with Crippen LogP contribution in [-0.2, 0) is 5.41 Å². The highest BCUT2D eigenvalue weighted by atomic mass is 19.4. The van der Waals surface area contributed by atoms with E-state index in [1.165, 1.54) is 0 Å². The van der Waals surface area contributed by atoms with E-state index < -0.39 is 40.7 Å². The van der Waals surface area contributed by atoms with Crippen LogP contribution in [0, 0.1) is 0 Å². The van der Waals surface area contributed by atoms with Gasteiger partial charge in [0.25, 0.3) is 6.43 Å². The van der Waals surface area contributed by atoms with Crippen molar-refractivity contribution in [2.75, 3.05) is 0 Å². The molecule has 0 radical (unpaired) electrons. The van der Waals surface area contributed by atoms with Crippen LogP contribution in [-0.4, -0.2) is 17.3 Å². The lowest BCUT2D eigenvalue weighted by Gasteiger charge is -2.22. The Hall–Kier alpha value is -1.66. The molecule has 7 heteroatoms. The van der Waals surface area contributed by atoms with Gasteiger partial charge in [-0.25, -0.2) is 13.6 Å². The molecule has 1 aliphatic rings. The highest BCUT2D eigenvalue weighted by molar-refractivity contribution is 5.92. The first-order valence-corrected chi connectivity index (χ1v) is 5.42. The molecule has 0 amide bonds. The Labute approximate surface area is 104 Å². The predicted molar refractivity (Wildman–Crippen MR) is 55.3 cm³/mol. The predicted octanol–water partition coefficient (Wildman–Crippen LogP) is 3.92. The molecule has 19 heavy (non-hydrogen) atoms. The zero-order valence-electron chi connectivity index (χ0n) is 9.47. The van der Waals surface area contributed by atoms with Crippen molar-refractivity contribution in [3.8, 4) is 0 Å². The van der Waals surface area contributed by atoms with Gasteiger partial charge in [0.15, 0.2) is 0 Å². The van der Waals surface area contributed by atoms with Crippen molar-refractivity contribution in [2.24, 2.45) is 0 Å². The molecule has 104 valence electrons. The Kier molecular flexibility index (Phi) is 3.03. The van der Waals surface area contributed by atoms with Crippen molar-refractivity contribution < 1.29 is 31.9 Å². The molecular formula is C12H9F5O2. The summed E-state index contributed by atoms with van der Waals surface area (Å²) in [7, 11) is 0. The normalized spacial score (nSPS) is 17.6. The molecule has 1 aliphatic carbocycles. The van der Waals surface area contributed by atoms with Gasteiger partial charge in [0.1, 0.15) is 0 Å². The number of hydrogen-bond acceptors (Lipinski definition) is 1. The molecule has 1 saturated carbocycles. The van der Waals surface area contributed by atoms with Crippen molar-refractivity contribution >= 4 is 5.97 Å². The maximum absolute atomic E-state index is 13.0. The number of carboxylic acids is 1. The van der Waals surface area contributed by atoms with Crippen LogP contribution in [0.5, 0.6) is 0 Å². The average Bonchev–Trinajstić information content (AvgIpc) is 3.07. The number of alkyl halides is 5. The zero-order valence-corrected chi connectivity index (χ0v) is 9.47. The molecular weight excluding hydrogens is 271 g/mol. The topological polar surface area (TPSA) is 37.3 Å². The molecule has 0 saturated heterocycles. The molecule has 0 aromatic heterocycles. The van der Waals surface area contributed by atoms with Crippen LogP contribution >= 0.6 is 0 Å². The van der Waals surface area contributed by atoms with Gasteiger partial charge in [-0.15, -0.1) is 0 Å². The molecule has 2 nitrogen and oxygen atoms in total. The second-order valence-corrected chi connectivity index (χ2v) is 4.46. The molecule has 0 spiro atoms. The summed E-state index contributed by atoms with van der Waals surface area (Å²) in [6.07, 6.45) is -8.32. The van der Waals surface area contributed by atoms with Crippen molar-refractivity contribution in [1.29, 1.82) is 0 Å². The third kappa shape index (κ3) is 2.06. The number of rotatable bonds is 3. The van der Waals surface area contributed by atoms with E-state index >= 15 is 0 Å². The van der Waals surface area contributed by atoms with Gasteiger partial charge in [-0.3, -0.25) is 0 Å². The first-order chi connectivity index (χ1) is 8.71. The SMILES string of the molecule is O=C(O)c1c(C(F)F)cccc1C1(C(F)(F)F)CC1. The van der Waals surface area contributed by atoms with Crippen LogP contribution in [0.25, 0.3) is 0 Å². The van der Waals surface area contributed by atoms with Crippen LogP contribution in [0.15, 0.2) is 18.2 Å². The van der Waals surface area contributed by atoms with E-state index in [1.54, 1.807) is 0 Å². The average molecular weight is 280 g/mol. The largest absolute Gasteiger partial charge is 0.478 e. The highest BCUT2D eigenvalue weighted by Gasteiger charge is 2.65. The van der Waals surface area contributed by atoms with Crippen molar-refractivity contribution in [1.82, 2.24) is 0 Å². The number of hydrogen-bond donors (Lipinski definition) is 1. The minimum Gasteiger partial charge on any atom is -0.478 e. The van der Waals surface area contributed by atoms with E-state index in [9.17, 15) is 26.7 Å². The smallest absolute Gasteiger partial charge is 0.398 e. The summed E-state index contributed by atoms with van der Waals surface area (Å²) < 4.78 is 64.4. The molecule has 0 bridgehead atoms. The fourth-order valence-corrected chi connectivity index (χ4v) is 2.22. The van der Waals surface area contributed by atoms with Crippen LogP contribution < -0.4 is 0 Å². The van der Waals surface area contributed by atoms with E-state index in [4.69, 9.17) is 5.11 Å². The lowest BCUT2D eigenvalue weighted by Crippen LogP contribution is -2.31. The lowest BCUT2D eigenvalue weighted by molar-refractivity contribution is -0.160. The number of carboxylic acid groups (broad SMARTS) is 1. The van der Waals surface area contributed by atoms with Gasteiger partial charge in [-0.1, -0.05) is 18.2 Å². The molecule has 0 heterocycles. The van der Waals surface area contributed by atoms with Crippen molar-refractivity contribution in [3.05, 3.63) is 34.9 Å². The molecule has 0 atom stereocenters. The Morgan fingerprint density at radius 3 is 2.21 bits per heavy atom. The fraction of sp³-hybridized carbons (Fsp3) is 0.417. The van der Waals surface area contributed by atoms with Crippen LogP contribution in [0.4, 0.5) is 22.0 Å². The third-order valence-electron chi connectivity index (χ3n) is 3.35. The minimum atomic E-state index is -4.64. The van der Waals surface area contributed by atoms with Gasteiger partial charge in [0, 0.05) is 5.56 Å². The van der Waals surface area contributed by atoms with Gasteiger partial charge in [0.2, 0.25) is 0 Å². The summed E-state index contributed by atoms with van der Waals surface area (Å²) >= 11 is 0. The Bertz CT molecular complexity index is 517. The van der Waals surface area contributed by atoms with E-state index in [2.05, 4.69) is 0 Å². The zero-order chi connectivity index (χ0) is 14.4. The maximum atomic E-state index is 13.0. The number of aromatic carboxylic acids is 1. The maximum Gasteiger partial charge on any atom is 0.398 e. The van der Waals surface area contributed by atoms with Crippen LogP contribution in [0.1, 0.15) is 40.8 Å². The van der Waals surface area contributed by atoms with Gasteiger partial charge in [-0.05, 0) is 18.4 Å². The standard InChI is InChI=1S/C12H9F5O2/c13-9(14)6-2-1-3-7(8(6)10(18)19)11(4-5-11)12(15,16)17/h1-3,9H,4-5H2,(H,18,19). The third-order valence-corrected chi connectivity index (χ3v) is 3.35. The summed E-state index contributed by atoms with van der Waals surface area (Å²) in [6, 6.07) is 2.84. The summed E-state index contributed by atoms with van der Waals surface area (Å²) in [5, 5.41) is 8.95. The van der Waals surface area contributed by atoms with Gasteiger partial charge < -0.3 is 5.11 Å². The molecule has 1 fully saturated rings. The first kappa shape index (κ1) is 13.8. The summed E-state index contributed by atoms with van der Waals surface area (Å²) in [5.41, 5.74) is -4.65. The molecule has 1 N–H and O–H groups in total.